The molecule has 0 aromatic heterocycles. The fraction of sp³-hybridized carbons (Fsp3) is 0.462. The fourth-order valence-electron chi connectivity index (χ4n) is 1.67. The minimum absolute atomic E-state index is 0.166. The van der Waals surface area contributed by atoms with E-state index in [0.29, 0.717) is 30.6 Å². The highest BCUT2D eigenvalue weighted by Gasteiger charge is 2.12. The maximum Gasteiger partial charge on any atom is 0.337 e. The van der Waals surface area contributed by atoms with Crippen LogP contribution in [0.15, 0.2) is 24.3 Å². The number of hydrogen-bond donors (Lipinski definition) is 2. The van der Waals surface area contributed by atoms with Crippen molar-refractivity contribution >= 4 is 16.0 Å². The van der Waals surface area contributed by atoms with Gasteiger partial charge in [0.15, 0.2) is 0 Å². The van der Waals surface area contributed by atoms with E-state index in [1.165, 1.54) is 13.2 Å². The average molecular weight is 300 g/mol. The fourth-order valence-corrected chi connectivity index (χ4v) is 2.85. The van der Waals surface area contributed by atoms with Crippen LogP contribution in [0.25, 0.3) is 0 Å². The Kier molecular flexibility index (Phi) is 6.63. The number of unbranched alkanes of at least 4 members (excludes halogenated alkanes) is 1. The van der Waals surface area contributed by atoms with Crippen LogP contribution in [0.4, 0.5) is 0 Å². The molecule has 0 aliphatic carbocycles. The molecule has 1 aromatic rings. The van der Waals surface area contributed by atoms with Gasteiger partial charge in [-0.25, -0.2) is 17.9 Å². The Bertz CT molecular complexity index is 543. The first kappa shape index (κ1) is 16.6. The predicted octanol–water partition coefficient (Wildman–Crippen LogP) is 0.631. The lowest BCUT2D eigenvalue weighted by Crippen LogP contribution is -2.26. The van der Waals surface area contributed by atoms with Crippen molar-refractivity contribution in [1.29, 1.82) is 0 Å². The molecule has 0 radical (unpaired) electrons. The first-order valence-electron chi connectivity index (χ1n) is 6.33. The second-order valence-corrected chi connectivity index (χ2v) is 6.15. The molecule has 0 unspecified atom stereocenters. The van der Waals surface area contributed by atoms with Crippen LogP contribution in [-0.4, -0.2) is 34.6 Å². The molecule has 0 atom stereocenters. The largest absolute Gasteiger partial charge is 0.465 e. The van der Waals surface area contributed by atoms with E-state index in [1.807, 2.05) is 0 Å². The van der Waals surface area contributed by atoms with Crippen LogP contribution in [0.5, 0.6) is 0 Å². The molecule has 0 fully saturated rings. The molecule has 0 saturated heterocycles. The Balaban J connectivity index is 2.65. The van der Waals surface area contributed by atoms with Gasteiger partial charge in [-0.2, -0.15) is 0 Å². The number of benzene rings is 1. The molecule has 1 aromatic carbocycles. The van der Waals surface area contributed by atoms with E-state index in [-0.39, 0.29) is 5.75 Å². The van der Waals surface area contributed by atoms with E-state index in [4.69, 9.17) is 5.73 Å². The van der Waals surface area contributed by atoms with Crippen molar-refractivity contribution in [1.82, 2.24) is 4.72 Å². The lowest BCUT2D eigenvalue weighted by atomic mass is 10.1. The Hall–Kier alpha value is -1.44. The smallest absolute Gasteiger partial charge is 0.337 e. The van der Waals surface area contributed by atoms with Gasteiger partial charge in [0.1, 0.15) is 0 Å². The quantitative estimate of drug-likeness (QED) is 0.542. The molecular weight excluding hydrogens is 280 g/mol. The standard InChI is InChI=1S/C13H20N2O4S/c1-19-13(16)12-6-4-5-11(9-12)10-20(17,18)15-8-3-2-7-14/h4-6,9,15H,2-3,7-8,10,14H2,1H3. The van der Waals surface area contributed by atoms with Crippen molar-refractivity contribution < 1.29 is 17.9 Å². The summed E-state index contributed by atoms with van der Waals surface area (Å²) in [7, 11) is -2.12. The summed E-state index contributed by atoms with van der Waals surface area (Å²) in [5.74, 6) is -0.652. The van der Waals surface area contributed by atoms with Gasteiger partial charge in [0.05, 0.1) is 18.4 Å². The molecular formula is C13H20N2O4S. The van der Waals surface area contributed by atoms with Crippen LogP contribution < -0.4 is 10.5 Å². The number of methoxy groups -OCH3 is 1. The molecule has 7 heteroatoms. The van der Waals surface area contributed by atoms with Gasteiger partial charge in [-0.05, 0) is 37.1 Å². The summed E-state index contributed by atoms with van der Waals surface area (Å²) in [5.41, 5.74) is 6.22. The molecule has 0 bridgehead atoms. The molecule has 0 heterocycles. The maximum absolute atomic E-state index is 11.9. The van der Waals surface area contributed by atoms with Gasteiger partial charge in [-0.15, -0.1) is 0 Å². The number of sulfonamides is 1. The normalized spacial score (nSPS) is 11.3. The molecule has 20 heavy (non-hydrogen) atoms. The summed E-state index contributed by atoms with van der Waals surface area (Å²) in [5, 5.41) is 0. The lowest BCUT2D eigenvalue weighted by Gasteiger charge is -2.07. The molecule has 1 rings (SSSR count). The van der Waals surface area contributed by atoms with Crippen molar-refractivity contribution in [3.8, 4) is 0 Å². The SMILES string of the molecule is COC(=O)c1cccc(CS(=O)(=O)NCCCCN)c1. The van der Waals surface area contributed by atoms with Gasteiger partial charge in [-0.3, -0.25) is 0 Å². The molecule has 0 amide bonds. The van der Waals surface area contributed by atoms with Crippen LogP contribution in [0.3, 0.4) is 0 Å². The van der Waals surface area contributed by atoms with Crippen molar-refractivity contribution in [2.24, 2.45) is 5.73 Å². The molecule has 0 spiro atoms. The van der Waals surface area contributed by atoms with E-state index in [0.717, 1.165) is 6.42 Å². The number of carbonyl (C=O) groups is 1. The van der Waals surface area contributed by atoms with Crippen LogP contribution in [0.1, 0.15) is 28.8 Å². The van der Waals surface area contributed by atoms with Crippen LogP contribution >= 0.6 is 0 Å². The minimum atomic E-state index is -3.41. The number of carbonyl (C=O) groups excluding carboxylic acids is 1. The summed E-state index contributed by atoms with van der Waals surface area (Å²) in [6.45, 7) is 0.916. The third-order valence-corrected chi connectivity index (χ3v) is 4.01. The van der Waals surface area contributed by atoms with Gasteiger partial charge in [0.2, 0.25) is 10.0 Å². The molecule has 6 nitrogen and oxygen atoms in total. The van der Waals surface area contributed by atoms with E-state index >= 15 is 0 Å². The van der Waals surface area contributed by atoms with E-state index in [2.05, 4.69) is 9.46 Å². The van der Waals surface area contributed by atoms with Gasteiger partial charge in [-0.1, -0.05) is 12.1 Å². The third-order valence-electron chi connectivity index (χ3n) is 2.66. The van der Waals surface area contributed by atoms with Crippen LogP contribution in [-0.2, 0) is 20.5 Å². The van der Waals surface area contributed by atoms with Gasteiger partial charge in [0.25, 0.3) is 0 Å². The van der Waals surface area contributed by atoms with Crippen molar-refractivity contribution in [3.63, 3.8) is 0 Å². The second kappa shape index (κ2) is 7.98. The second-order valence-electron chi connectivity index (χ2n) is 4.34. The molecule has 3 N–H and O–H groups in total. The molecule has 0 aliphatic heterocycles. The van der Waals surface area contributed by atoms with Crippen molar-refractivity contribution in [2.45, 2.75) is 18.6 Å². The number of ether oxygens (including phenoxy) is 1. The highest BCUT2D eigenvalue weighted by Crippen LogP contribution is 2.09. The summed E-state index contributed by atoms with van der Waals surface area (Å²) in [6, 6.07) is 6.39. The molecule has 112 valence electrons. The predicted molar refractivity (Wildman–Crippen MR) is 76.7 cm³/mol. The van der Waals surface area contributed by atoms with E-state index < -0.39 is 16.0 Å². The van der Waals surface area contributed by atoms with Crippen LogP contribution in [0, 0.1) is 0 Å². The number of hydrogen-bond acceptors (Lipinski definition) is 5. The zero-order valence-electron chi connectivity index (χ0n) is 11.5. The minimum Gasteiger partial charge on any atom is -0.465 e. The molecule has 0 saturated carbocycles. The van der Waals surface area contributed by atoms with Crippen molar-refractivity contribution in [3.05, 3.63) is 35.4 Å². The first-order valence-corrected chi connectivity index (χ1v) is 7.98. The number of nitrogens with two attached hydrogens (primary N) is 1. The number of rotatable bonds is 8. The monoisotopic (exact) mass is 300 g/mol. The lowest BCUT2D eigenvalue weighted by molar-refractivity contribution is 0.0600. The number of nitrogens with one attached hydrogen (secondary N) is 1. The summed E-state index contributed by atoms with van der Waals surface area (Å²) >= 11 is 0. The third kappa shape index (κ3) is 5.68. The van der Waals surface area contributed by atoms with Crippen LogP contribution in [0.2, 0.25) is 0 Å². The highest BCUT2D eigenvalue weighted by atomic mass is 32.2. The topological polar surface area (TPSA) is 98.5 Å². The Morgan fingerprint density at radius 3 is 2.75 bits per heavy atom. The Morgan fingerprint density at radius 2 is 2.10 bits per heavy atom. The Labute approximate surface area is 119 Å². The van der Waals surface area contributed by atoms with Gasteiger partial charge < -0.3 is 10.5 Å². The maximum atomic E-state index is 11.9. The highest BCUT2D eigenvalue weighted by molar-refractivity contribution is 7.88. The van der Waals surface area contributed by atoms with E-state index in [1.54, 1.807) is 18.2 Å². The van der Waals surface area contributed by atoms with E-state index in [9.17, 15) is 13.2 Å². The first-order chi connectivity index (χ1) is 9.48. The van der Waals surface area contributed by atoms with Crippen molar-refractivity contribution in [2.75, 3.05) is 20.2 Å². The summed E-state index contributed by atoms with van der Waals surface area (Å²) in [4.78, 5) is 11.4. The molecule has 0 aliphatic rings. The number of esters is 1. The zero-order valence-corrected chi connectivity index (χ0v) is 12.3. The van der Waals surface area contributed by atoms with Gasteiger partial charge in [0, 0.05) is 6.54 Å². The summed E-state index contributed by atoms with van der Waals surface area (Å²) in [6.07, 6.45) is 1.48. The summed E-state index contributed by atoms with van der Waals surface area (Å²) < 4.78 is 30.8. The Morgan fingerprint density at radius 1 is 1.35 bits per heavy atom. The zero-order chi connectivity index (χ0) is 15.0. The average Bonchev–Trinajstić information content (AvgIpc) is 2.42. The van der Waals surface area contributed by atoms with Gasteiger partial charge >= 0.3 is 5.97 Å².